The number of aryl methyl sites for hydroxylation is 1. The minimum absolute atomic E-state index is 0.0439. The van der Waals surface area contributed by atoms with Crippen LogP contribution in [0.15, 0.2) is 30.5 Å². The highest BCUT2D eigenvalue weighted by Gasteiger charge is 2.22. The van der Waals surface area contributed by atoms with Gasteiger partial charge in [0.15, 0.2) is 5.82 Å². The zero-order chi connectivity index (χ0) is 17.1. The molecule has 0 unspecified atom stereocenters. The maximum atomic E-state index is 12.6. The van der Waals surface area contributed by atoms with Gasteiger partial charge in [-0.2, -0.15) is 0 Å². The Kier molecular flexibility index (Phi) is 4.45. The summed E-state index contributed by atoms with van der Waals surface area (Å²) in [6, 6.07) is 7.66. The minimum Gasteiger partial charge on any atom is -0.331 e. The third kappa shape index (κ3) is 3.37. The molecule has 0 aliphatic carbocycles. The van der Waals surface area contributed by atoms with Crippen molar-refractivity contribution in [2.75, 3.05) is 30.9 Å². The van der Waals surface area contributed by atoms with Gasteiger partial charge in [0.1, 0.15) is 6.54 Å². The van der Waals surface area contributed by atoms with E-state index >= 15 is 0 Å². The molecule has 126 valence electrons. The van der Waals surface area contributed by atoms with E-state index in [-0.39, 0.29) is 18.5 Å². The van der Waals surface area contributed by atoms with Gasteiger partial charge in [-0.25, -0.2) is 9.48 Å². The van der Waals surface area contributed by atoms with E-state index in [2.05, 4.69) is 21.7 Å². The van der Waals surface area contributed by atoms with E-state index in [1.807, 2.05) is 18.2 Å². The molecular weight excluding hydrogens is 308 g/mol. The summed E-state index contributed by atoms with van der Waals surface area (Å²) in [7, 11) is 3.27. The van der Waals surface area contributed by atoms with E-state index in [9.17, 15) is 9.59 Å². The van der Waals surface area contributed by atoms with Gasteiger partial charge < -0.3 is 9.80 Å². The molecule has 24 heavy (non-hydrogen) atoms. The summed E-state index contributed by atoms with van der Waals surface area (Å²) in [6.07, 6.45) is 3.49. The molecule has 0 fully saturated rings. The Morgan fingerprint density at radius 2 is 2.08 bits per heavy atom. The Bertz CT molecular complexity index is 755. The average Bonchev–Trinajstić information content (AvgIpc) is 3.01. The standard InChI is InChI=1S/C16H20N6O2/c1-20(2)16(24)17-14-10-21(19-18-14)11-15(23)22-9-5-7-12-6-3-4-8-13(12)22/h3-4,6,8,10H,5,7,9,11H2,1-2H3,(H,17,24). The molecule has 0 spiro atoms. The lowest BCUT2D eigenvalue weighted by atomic mass is 10.0. The fourth-order valence-electron chi connectivity index (χ4n) is 2.67. The molecule has 1 aliphatic heterocycles. The van der Waals surface area contributed by atoms with Crippen molar-refractivity contribution in [2.24, 2.45) is 0 Å². The van der Waals surface area contributed by atoms with Gasteiger partial charge >= 0.3 is 6.03 Å². The van der Waals surface area contributed by atoms with Crippen LogP contribution in [0, 0.1) is 0 Å². The van der Waals surface area contributed by atoms with Gasteiger partial charge in [-0.15, -0.1) is 5.10 Å². The Balaban J connectivity index is 1.68. The number of hydrogen-bond donors (Lipinski definition) is 1. The Labute approximate surface area is 140 Å². The topological polar surface area (TPSA) is 83.4 Å². The van der Waals surface area contributed by atoms with Crippen molar-refractivity contribution in [3.8, 4) is 0 Å². The van der Waals surface area contributed by atoms with E-state index < -0.39 is 0 Å². The van der Waals surface area contributed by atoms with Gasteiger partial charge in [-0.3, -0.25) is 10.1 Å². The first kappa shape index (κ1) is 16.0. The molecule has 1 aromatic carbocycles. The molecule has 8 nitrogen and oxygen atoms in total. The van der Waals surface area contributed by atoms with Gasteiger partial charge in [0, 0.05) is 26.3 Å². The fourth-order valence-corrected chi connectivity index (χ4v) is 2.67. The van der Waals surface area contributed by atoms with E-state index in [0.29, 0.717) is 12.4 Å². The van der Waals surface area contributed by atoms with Crippen LogP contribution in [0.1, 0.15) is 12.0 Å². The number of hydrogen-bond acceptors (Lipinski definition) is 4. The number of nitrogens with zero attached hydrogens (tertiary/aromatic N) is 5. The molecule has 0 saturated carbocycles. The van der Waals surface area contributed by atoms with Crippen LogP contribution in [0.25, 0.3) is 0 Å². The maximum Gasteiger partial charge on any atom is 0.322 e. The maximum absolute atomic E-state index is 12.6. The smallest absolute Gasteiger partial charge is 0.322 e. The summed E-state index contributed by atoms with van der Waals surface area (Å²) in [6.45, 7) is 0.786. The zero-order valence-corrected chi connectivity index (χ0v) is 13.8. The number of anilines is 2. The summed E-state index contributed by atoms with van der Waals surface area (Å²) in [5, 5.41) is 10.4. The third-order valence-corrected chi connectivity index (χ3v) is 3.89. The second-order valence-corrected chi connectivity index (χ2v) is 5.90. The molecule has 1 N–H and O–H groups in total. The number of urea groups is 1. The van der Waals surface area contributed by atoms with Crippen LogP contribution in [0.2, 0.25) is 0 Å². The van der Waals surface area contributed by atoms with Crippen LogP contribution < -0.4 is 10.2 Å². The van der Waals surface area contributed by atoms with E-state index in [4.69, 9.17) is 0 Å². The summed E-state index contributed by atoms with van der Waals surface area (Å²) in [5.74, 6) is 0.276. The van der Waals surface area contributed by atoms with Crippen molar-refractivity contribution in [1.82, 2.24) is 19.9 Å². The highest BCUT2D eigenvalue weighted by molar-refractivity contribution is 5.94. The summed E-state index contributed by atoms with van der Waals surface area (Å²) >= 11 is 0. The molecule has 0 bridgehead atoms. The van der Waals surface area contributed by atoms with Crippen LogP contribution in [0.5, 0.6) is 0 Å². The number of carbonyl (C=O) groups is 2. The largest absolute Gasteiger partial charge is 0.331 e. The fraction of sp³-hybridized carbons (Fsp3) is 0.375. The second-order valence-electron chi connectivity index (χ2n) is 5.90. The number of rotatable bonds is 3. The van der Waals surface area contributed by atoms with Crippen molar-refractivity contribution >= 4 is 23.4 Å². The molecule has 3 rings (SSSR count). The van der Waals surface area contributed by atoms with Crippen LogP contribution in [-0.2, 0) is 17.8 Å². The number of benzene rings is 1. The van der Waals surface area contributed by atoms with Crippen LogP contribution in [0.4, 0.5) is 16.3 Å². The summed E-state index contributed by atoms with van der Waals surface area (Å²) in [4.78, 5) is 27.4. The zero-order valence-electron chi connectivity index (χ0n) is 13.8. The summed E-state index contributed by atoms with van der Waals surface area (Å²) < 4.78 is 1.44. The minimum atomic E-state index is -0.293. The lowest BCUT2D eigenvalue weighted by Crippen LogP contribution is -2.37. The quantitative estimate of drug-likeness (QED) is 0.922. The van der Waals surface area contributed by atoms with E-state index in [0.717, 1.165) is 18.5 Å². The normalized spacial score (nSPS) is 13.3. The van der Waals surface area contributed by atoms with Crippen molar-refractivity contribution in [3.05, 3.63) is 36.0 Å². The van der Waals surface area contributed by atoms with Gasteiger partial charge in [0.2, 0.25) is 5.91 Å². The van der Waals surface area contributed by atoms with Crippen molar-refractivity contribution < 1.29 is 9.59 Å². The first-order valence-electron chi connectivity index (χ1n) is 7.81. The number of nitrogens with one attached hydrogen (secondary N) is 1. The number of carbonyl (C=O) groups excluding carboxylic acids is 2. The molecule has 1 aliphatic rings. The number of amides is 3. The SMILES string of the molecule is CN(C)C(=O)Nc1cn(CC(=O)N2CCCc3ccccc32)nn1. The van der Waals surface area contributed by atoms with Gasteiger partial charge in [-0.05, 0) is 24.5 Å². The number of para-hydroxylation sites is 1. The highest BCUT2D eigenvalue weighted by Crippen LogP contribution is 2.26. The molecule has 0 saturated heterocycles. The van der Waals surface area contributed by atoms with Crippen molar-refractivity contribution in [1.29, 1.82) is 0 Å². The molecular formula is C16H20N6O2. The van der Waals surface area contributed by atoms with Gasteiger partial charge in [-0.1, -0.05) is 23.4 Å². The predicted molar refractivity (Wildman–Crippen MR) is 89.8 cm³/mol. The lowest BCUT2D eigenvalue weighted by Gasteiger charge is -2.29. The lowest BCUT2D eigenvalue weighted by molar-refractivity contribution is -0.119. The predicted octanol–water partition coefficient (Wildman–Crippen LogP) is 1.35. The third-order valence-electron chi connectivity index (χ3n) is 3.89. The number of aromatic nitrogens is 3. The van der Waals surface area contributed by atoms with Crippen molar-refractivity contribution in [3.63, 3.8) is 0 Å². The molecule has 1 aromatic heterocycles. The molecule has 3 amide bonds. The van der Waals surface area contributed by atoms with Gasteiger partial charge in [0.25, 0.3) is 0 Å². The Morgan fingerprint density at radius 1 is 1.29 bits per heavy atom. The van der Waals surface area contributed by atoms with Crippen LogP contribution >= 0.6 is 0 Å². The molecule has 8 heteroatoms. The van der Waals surface area contributed by atoms with E-state index in [1.165, 1.54) is 15.1 Å². The Hall–Kier alpha value is -2.90. The van der Waals surface area contributed by atoms with E-state index in [1.54, 1.807) is 25.2 Å². The van der Waals surface area contributed by atoms with Crippen molar-refractivity contribution in [2.45, 2.75) is 19.4 Å². The number of fused-ring (bicyclic) bond motifs is 1. The van der Waals surface area contributed by atoms with Crippen LogP contribution in [0.3, 0.4) is 0 Å². The second kappa shape index (κ2) is 6.69. The molecule has 2 heterocycles. The monoisotopic (exact) mass is 328 g/mol. The van der Waals surface area contributed by atoms with Crippen LogP contribution in [-0.4, -0.2) is 52.5 Å². The Morgan fingerprint density at radius 3 is 2.88 bits per heavy atom. The molecule has 2 aromatic rings. The summed E-state index contributed by atoms with van der Waals surface area (Å²) in [5.41, 5.74) is 2.16. The first-order valence-corrected chi connectivity index (χ1v) is 7.81. The first-order chi connectivity index (χ1) is 11.5. The highest BCUT2D eigenvalue weighted by atomic mass is 16.2. The van der Waals surface area contributed by atoms with Gasteiger partial charge in [0.05, 0.1) is 6.20 Å². The molecule has 0 atom stereocenters. The molecule has 0 radical (unpaired) electrons. The average molecular weight is 328 g/mol.